The Hall–Kier alpha value is -1.32. The van der Waals surface area contributed by atoms with Crippen LogP contribution in [0.3, 0.4) is 0 Å². The van der Waals surface area contributed by atoms with Crippen molar-refractivity contribution in [3.05, 3.63) is 63.6 Å². The number of benzene rings is 2. The largest absolute Gasteiger partial charge is 0.496 e. The first-order valence-corrected chi connectivity index (χ1v) is 7.21. The molecule has 1 atom stereocenters. The molecule has 0 spiro atoms. The Kier molecular flexibility index (Phi) is 3.58. The normalized spacial score (nSPS) is 17.9. The van der Waals surface area contributed by atoms with E-state index in [9.17, 15) is 0 Å². The van der Waals surface area contributed by atoms with Gasteiger partial charge in [0.2, 0.25) is 0 Å². The fourth-order valence-corrected chi connectivity index (χ4v) is 3.03. The van der Waals surface area contributed by atoms with E-state index in [1.807, 2.05) is 12.1 Å². The van der Waals surface area contributed by atoms with Crippen LogP contribution < -0.4 is 10.1 Å². The van der Waals surface area contributed by atoms with Crippen LogP contribution in [0.1, 0.15) is 22.7 Å². The van der Waals surface area contributed by atoms with Crippen LogP contribution in [0.4, 0.5) is 0 Å². The SMILES string of the molecule is COc1ccc(Br)cc1C1Cc2ccccc2CN1. The molecule has 1 aliphatic rings. The topological polar surface area (TPSA) is 21.3 Å². The number of fused-ring (bicyclic) bond motifs is 1. The van der Waals surface area contributed by atoms with Crippen molar-refractivity contribution in [2.45, 2.75) is 19.0 Å². The summed E-state index contributed by atoms with van der Waals surface area (Å²) in [6.07, 6.45) is 1.00. The molecule has 1 unspecified atom stereocenters. The Balaban J connectivity index is 1.95. The molecule has 3 heteroatoms. The predicted octanol–water partition coefficient (Wildman–Crippen LogP) is 3.84. The molecule has 98 valence electrons. The maximum Gasteiger partial charge on any atom is 0.123 e. The Bertz CT molecular complexity index is 597. The highest BCUT2D eigenvalue weighted by Gasteiger charge is 2.21. The van der Waals surface area contributed by atoms with Gasteiger partial charge in [0.25, 0.3) is 0 Å². The van der Waals surface area contributed by atoms with Gasteiger partial charge in [-0.05, 0) is 35.7 Å². The molecule has 0 aromatic heterocycles. The lowest BCUT2D eigenvalue weighted by atomic mass is 9.91. The van der Waals surface area contributed by atoms with E-state index in [1.165, 1.54) is 16.7 Å². The zero-order valence-corrected chi connectivity index (χ0v) is 12.4. The van der Waals surface area contributed by atoms with Crippen molar-refractivity contribution in [1.82, 2.24) is 5.32 Å². The van der Waals surface area contributed by atoms with E-state index < -0.39 is 0 Å². The third-order valence-electron chi connectivity index (χ3n) is 3.65. The van der Waals surface area contributed by atoms with Crippen LogP contribution in [0.15, 0.2) is 46.9 Å². The molecular formula is C16H16BrNO. The zero-order chi connectivity index (χ0) is 13.2. The van der Waals surface area contributed by atoms with E-state index in [1.54, 1.807) is 7.11 Å². The average Bonchev–Trinajstić information content (AvgIpc) is 2.46. The van der Waals surface area contributed by atoms with Gasteiger partial charge in [-0.1, -0.05) is 40.2 Å². The molecule has 19 heavy (non-hydrogen) atoms. The molecular weight excluding hydrogens is 302 g/mol. The highest BCUT2D eigenvalue weighted by Crippen LogP contribution is 2.33. The van der Waals surface area contributed by atoms with Crippen LogP contribution >= 0.6 is 15.9 Å². The quantitative estimate of drug-likeness (QED) is 0.908. The highest BCUT2D eigenvalue weighted by atomic mass is 79.9. The minimum absolute atomic E-state index is 0.308. The van der Waals surface area contributed by atoms with Gasteiger partial charge in [-0.15, -0.1) is 0 Å². The Morgan fingerprint density at radius 3 is 2.74 bits per heavy atom. The van der Waals surface area contributed by atoms with Gasteiger partial charge in [0.1, 0.15) is 5.75 Å². The Morgan fingerprint density at radius 1 is 1.16 bits per heavy atom. The molecule has 2 aromatic carbocycles. The molecule has 0 aliphatic carbocycles. The van der Waals surface area contributed by atoms with E-state index in [-0.39, 0.29) is 0 Å². The molecule has 0 radical (unpaired) electrons. The maximum atomic E-state index is 5.48. The minimum Gasteiger partial charge on any atom is -0.496 e. The molecule has 0 saturated carbocycles. The summed E-state index contributed by atoms with van der Waals surface area (Å²) in [6.45, 7) is 0.913. The van der Waals surface area contributed by atoms with E-state index in [2.05, 4.69) is 51.6 Å². The fraction of sp³-hybridized carbons (Fsp3) is 0.250. The summed E-state index contributed by atoms with van der Waals surface area (Å²) >= 11 is 3.54. The number of hydrogen-bond acceptors (Lipinski definition) is 2. The first-order chi connectivity index (χ1) is 9.28. The lowest BCUT2D eigenvalue weighted by Gasteiger charge is -2.27. The first-order valence-electron chi connectivity index (χ1n) is 6.41. The van der Waals surface area contributed by atoms with E-state index in [0.29, 0.717) is 6.04 Å². The number of ether oxygens (including phenoxy) is 1. The van der Waals surface area contributed by atoms with Gasteiger partial charge in [-0.25, -0.2) is 0 Å². The van der Waals surface area contributed by atoms with Gasteiger partial charge in [0.15, 0.2) is 0 Å². The van der Waals surface area contributed by atoms with Gasteiger partial charge in [-0.3, -0.25) is 0 Å². The van der Waals surface area contributed by atoms with Crippen LogP contribution in [0.25, 0.3) is 0 Å². The molecule has 2 aromatic rings. The van der Waals surface area contributed by atoms with Crippen molar-refractivity contribution in [2.75, 3.05) is 7.11 Å². The monoisotopic (exact) mass is 317 g/mol. The van der Waals surface area contributed by atoms with Crippen molar-refractivity contribution in [1.29, 1.82) is 0 Å². The third kappa shape index (κ3) is 2.53. The van der Waals surface area contributed by atoms with Crippen LogP contribution in [-0.4, -0.2) is 7.11 Å². The second kappa shape index (κ2) is 5.35. The smallest absolute Gasteiger partial charge is 0.123 e. The lowest BCUT2D eigenvalue weighted by Crippen LogP contribution is -2.28. The summed E-state index contributed by atoms with van der Waals surface area (Å²) < 4.78 is 6.57. The summed E-state index contributed by atoms with van der Waals surface area (Å²) in [6, 6.07) is 15.1. The zero-order valence-electron chi connectivity index (χ0n) is 10.8. The van der Waals surface area contributed by atoms with E-state index >= 15 is 0 Å². The molecule has 0 amide bonds. The van der Waals surface area contributed by atoms with Crippen LogP contribution in [0.2, 0.25) is 0 Å². The van der Waals surface area contributed by atoms with Crippen LogP contribution in [0, 0.1) is 0 Å². The van der Waals surface area contributed by atoms with Gasteiger partial charge in [0.05, 0.1) is 7.11 Å². The summed E-state index contributed by atoms with van der Waals surface area (Å²) in [4.78, 5) is 0. The molecule has 2 nitrogen and oxygen atoms in total. The van der Waals surface area contributed by atoms with Crippen LogP contribution in [0.5, 0.6) is 5.75 Å². The molecule has 0 bridgehead atoms. The Morgan fingerprint density at radius 2 is 1.95 bits per heavy atom. The fourth-order valence-electron chi connectivity index (χ4n) is 2.65. The molecule has 1 heterocycles. The van der Waals surface area contributed by atoms with Gasteiger partial charge in [0, 0.05) is 22.6 Å². The second-order valence-corrected chi connectivity index (χ2v) is 5.71. The second-order valence-electron chi connectivity index (χ2n) is 4.79. The van der Waals surface area contributed by atoms with Gasteiger partial charge >= 0.3 is 0 Å². The van der Waals surface area contributed by atoms with Gasteiger partial charge < -0.3 is 10.1 Å². The van der Waals surface area contributed by atoms with Crippen molar-refractivity contribution in [3.63, 3.8) is 0 Å². The molecule has 1 N–H and O–H groups in total. The number of nitrogens with one attached hydrogen (secondary N) is 1. The lowest BCUT2D eigenvalue weighted by molar-refractivity contribution is 0.394. The molecule has 3 rings (SSSR count). The molecule has 0 saturated heterocycles. The van der Waals surface area contributed by atoms with Crippen LogP contribution in [-0.2, 0) is 13.0 Å². The van der Waals surface area contributed by atoms with Crippen molar-refractivity contribution in [2.24, 2.45) is 0 Å². The summed E-state index contributed by atoms with van der Waals surface area (Å²) in [5, 5.41) is 3.59. The molecule has 0 fully saturated rings. The number of rotatable bonds is 2. The van der Waals surface area contributed by atoms with E-state index in [0.717, 1.165) is 23.2 Å². The number of halogens is 1. The molecule has 1 aliphatic heterocycles. The van der Waals surface area contributed by atoms with Gasteiger partial charge in [-0.2, -0.15) is 0 Å². The van der Waals surface area contributed by atoms with Crippen molar-refractivity contribution >= 4 is 15.9 Å². The average molecular weight is 318 g/mol. The summed E-state index contributed by atoms with van der Waals surface area (Å²) in [7, 11) is 1.73. The summed E-state index contributed by atoms with van der Waals surface area (Å²) in [5.74, 6) is 0.945. The minimum atomic E-state index is 0.308. The third-order valence-corrected chi connectivity index (χ3v) is 4.14. The van der Waals surface area contributed by atoms with E-state index in [4.69, 9.17) is 4.74 Å². The maximum absolute atomic E-state index is 5.48. The Labute approximate surface area is 121 Å². The number of hydrogen-bond donors (Lipinski definition) is 1. The first kappa shape index (κ1) is 12.7. The number of methoxy groups -OCH3 is 1. The highest BCUT2D eigenvalue weighted by molar-refractivity contribution is 9.10. The van der Waals surface area contributed by atoms with Crippen molar-refractivity contribution in [3.8, 4) is 5.75 Å². The standard InChI is InChI=1S/C16H16BrNO/c1-19-16-7-6-13(17)9-14(16)15-8-11-4-2-3-5-12(11)10-18-15/h2-7,9,15,18H,8,10H2,1H3. The predicted molar refractivity (Wildman–Crippen MR) is 80.4 cm³/mol. The summed E-state index contributed by atoms with van der Waals surface area (Å²) in [5.41, 5.74) is 4.03. The van der Waals surface area contributed by atoms with Crippen molar-refractivity contribution < 1.29 is 4.74 Å².